The van der Waals surface area contributed by atoms with E-state index in [1.165, 1.54) is 6.07 Å². The zero-order valence-corrected chi connectivity index (χ0v) is 9.44. The van der Waals surface area contributed by atoms with Crippen molar-refractivity contribution >= 4 is 15.7 Å². The molecule has 0 amide bonds. The largest absolute Gasteiger partial charge is 0.320 e. The van der Waals surface area contributed by atoms with Crippen molar-refractivity contribution < 1.29 is 12.8 Å². The van der Waals surface area contributed by atoms with Gasteiger partial charge < -0.3 is 5.73 Å². The smallest absolute Gasteiger partial charge is 0.229 e. The molecule has 0 unspecified atom stereocenters. The van der Waals surface area contributed by atoms with Crippen molar-refractivity contribution in [3.63, 3.8) is 0 Å². The monoisotopic (exact) mass is 242 g/mol. The van der Waals surface area contributed by atoms with Crippen LogP contribution in [-0.2, 0) is 10.0 Å². The number of nitrogens with one attached hydrogen (secondary N) is 1. The zero-order chi connectivity index (χ0) is 12.2. The molecular weight excluding hydrogens is 231 g/mol. The summed E-state index contributed by atoms with van der Waals surface area (Å²) in [6.07, 6.45) is 1.01. The lowest BCUT2D eigenvalue weighted by Gasteiger charge is -2.06. The predicted octanol–water partition coefficient (Wildman–Crippen LogP) is 0.507. The van der Waals surface area contributed by atoms with Gasteiger partial charge in [-0.25, -0.2) is 12.8 Å². The second kappa shape index (κ2) is 4.96. The lowest BCUT2D eigenvalue weighted by atomic mass is 10.2. The number of nitrogens with two attached hydrogens (primary N) is 1. The molecule has 0 aromatic heterocycles. The predicted molar refractivity (Wildman–Crippen MR) is 60.8 cm³/mol. The maximum atomic E-state index is 12.9. The average Bonchev–Trinajstić information content (AvgIpc) is 2.16. The first-order valence-electron chi connectivity index (χ1n) is 4.38. The fraction of sp³-hybridized carbons (Fsp3) is 0.200. The molecule has 0 fully saturated rings. The summed E-state index contributed by atoms with van der Waals surface area (Å²) in [5.41, 5.74) is 5.69. The van der Waals surface area contributed by atoms with Gasteiger partial charge in [-0.2, -0.15) is 0 Å². The van der Waals surface area contributed by atoms with E-state index in [2.05, 4.69) is 16.6 Å². The van der Waals surface area contributed by atoms with E-state index in [0.717, 1.165) is 18.4 Å². The third-order valence-corrected chi connectivity index (χ3v) is 2.19. The van der Waals surface area contributed by atoms with Crippen LogP contribution in [0.4, 0.5) is 10.1 Å². The van der Waals surface area contributed by atoms with Crippen LogP contribution in [0.2, 0.25) is 0 Å². The van der Waals surface area contributed by atoms with Crippen LogP contribution < -0.4 is 10.5 Å². The molecule has 4 nitrogen and oxygen atoms in total. The van der Waals surface area contributed by atoms with Crippen LogP contribution in [0.1, 0.15) is 5.56 Å². The molecule has 16 heavy (non-hydrogen) atoms. The third kappa shape index (κ3) is 3.88. The molecule has 86 valence electrons. The highest BCUT2D eigenvalue weighted by Gasteiger charge is 2.06. The lowest BCUT2D eigenvalue weighted by Crippen LogP contribution is -2.10. The Bertz CT molecular complexity index is 544. The van der Waals surface area contributed by atoms with E-state index < -0.39 is 15.8 Å². The van der Waals surface area contributed by atoms with E-state index in [-0.39, 0.29) is 17.8 Å². The quantitative estimate of drug-likeness (QED) is 0.742. The van der Waals surface area contributed by atoms with Crippen molar-refractivity contribution in [2.45, 2.75) is 0 Å². The fourth-order valence-corrected chi connectivity index (χ4v) is 1.63. The van der Waals surface area contributed by atoms with Crippen LogP contribution in [-0.4, -0.2) is 21.2 Å². The first-order chi connectivity index (χ1) is 7.42. The molecule has 0 radical (unpaired) electrons. The number of sulfonamides is 1. The van der Waals surface area contributed by atoms with Gasteiger partial charge in [0.25, 0.3) is 0 Å². The van der Waals surface area contributed by atoms with Gasteiger partial charge in [0.05, 0.1) is 24.1 Å². The topological polar surface area (TPSA) is 72.2 Å². The Morgan fingerprint density at radius 3 is 2.75 bits per heavy atom. The number of benzene rings is 1. The molecule has 3 N–H and O–H groups in total. The minimum Gasteiger partial charge on any atom is -0.320 e. The first kappa shape index (κ1) is 12.5. The molecule has 1 rings (SSSR count). The van der Waals surface area contributed by atoms with Gasteiger partial charge in [0.1, 0.15) is 5.82 Å². The third-order valence-electron chi connectivity index (χ3n) is 1.60. The van der Waals surface area contributed by atoms with Crippen molar-refractivity contribution in [1.29, 1.82) is 0 Å². The van der Waals surface area contributed by atoms with Crippen LogP contribution in [0.5, 0.6) is 0 Å². The van der Waals surface area contributed by atoms with E-state index in [4.69, 9.17) is 5.73 Å². The van der Waals surface area contributed by atoms with Crippen LogP contribution in [0.15, 0.2) is 18.2 Å². The van der Waals surface area contributed by atoms with Crippen LogP contribution in [0, 0.1) is 17.7 Å². The normalized spacial score (nSPS) is 10.4. The van der Waals surface area contributed by atoms with Gasteiger partial charge in [0.2, 0.25) is 10.0 Å². The van der Waals surface area contributed by atoms with Crippen molar-refractivity contribution in [2.75, 3.05) is 17.5 Å². The molecular formula is C10H11FN2O2S. The first-order valence-corrected chi connectivity index (χ1v) is 6.28. The number of rotatable bonds is 2. The second-order valence-corrected chi connectivity index (χ2v) is 4.82. The molecule has 0 atom stereocenters. The molecule has 0 spiro atoms. The van der Waals surface area contributed by atoms with Crippen LogP contribution >= 0.6 is 0 Å². The number of hydrogen-bond acceptors (Lipinski definition) is 3. The van der Waals surface area contributed by atoms with Gasteiger partial charge in [0.15, 0.2) is 0 Å². The van der Waals surface area contributed by atoms with Crippen LogP contribution in [0.3, 0.4) is 0 Å². The van der Waals surface area contributed by atoms with Crippen LogP contribution in [0.25, 0.3) is 0 Å². The van der Waals surface area contributed by atoms with E-state index in [1.54, 1.807) is 0 Å². The molecule has 0 aliphatic carbocycles. The SMILES string of the molecule is CS(=O)(=O)Nc1ccc(F)cc1C#CCN. The zero-order valence-electron chi connectivity index (χ0n) is 8.62. The number of anilines is 1. The Morgan fingerprint density at radius 2 is 2.19 bits per heavy atom. The van der Waals surface area contributed by atoms with Gasteiger partial charge in [-0.3, -0.25) is 4.72 Å². The molecule has 0 bridgehead atoms. The van der Waals surface area contributed by atoms with Gasteiger partial charge in [-0.1, -0.05) is 11.8 Å². The van der Waals surface area contributed by atoms with Crippen molar-refractivity contribution in [3.05, 3.63) is 29.6 Å². The highest BCUT2D eigenvalue weighted by Crippen LogP contribution is 2.16. The summed E-state index contributed by atoms with van der Waals surface area (Å²) >= 11 is 0. The Kier molecular flexibility index (Phi) is 3.88. The van der Waals surface area contributed by atoms with Gasteiger partial charge in [0, 0.05) is 0 Å². The second-order valence-electron chi connectivity index (χ2n) is 3.07. The standard InChI is InChI=1S/C10H11FN2O2S/c1-16(14,15)13-10-5-4-9(11)7-8(10)3-2-6-12/h4-5,7,13H,6,12H2,1H3. The summed E-state index contributed by atoms with van der Waals surface area (Å²) in [5, 5.41) is 0. The average molecular weight is 242 g/mol. The van der Waals surface area contributed by atoms with E-state index in [9.17, 15) is 12.8 Å². The van der Waals surface area contributed by atoms with E-state index in [1.807, 2.05) is 0 Å². The maximum Gasteiger partial charge on any atom is 0.229 e. The van der Waals surface area contributed by atoms with Gasteiger partial charge in [-0.05, 0) is 18.2 Å². The Hall–Kier alpha value is -1.58. The summed E-state index contributed by atoms with van der Waals surface area (Å²) in [7, 11) is -3.41. The van der Waals surface area contributed by atoms with Gasteiger partial charge in [-0.15, -0.1) is 0 Å². The summed E-state index contributed by atoms with van der Waals surface area (Å²) < 4.78 is 37.2. The minimum absolute atomic E-state index is 0.120. The molecule has 0 saturated heterocycles. The minimum atomic E-state index is -3.41. The molecule has 0 saturated carbocycles. The van der Waals surface area contributed by atoms with Crippen molar-refractivity contribution in [1.82, 2.24) is 0 Å². The molecule has 0 heterocycles. The summed E-state index contributed by atoms with van der Waals surface area (Å²) in [5.74, 6) is 4.64. The Balaban J connectivity index is 3.17. The summed E-state index contributed by atoms with van der Waals surface area (Å²) in [6, 6.07) is 3.62. The van der Waals surface area contributed by atoms with Crippen molar-refractivity contribution in [3.8, 4) is 11.8 Å². The maximum absolute atomic E-state index is 12.9. The molecule has 0 aliphatic rings. The molecule has 0 aliphatic heterocycles. The van der Waals surface area contributed by atoms with E-state index in [0.29, 0.717) is 0 Å². The van der Waals surface area contributed by atoms with E-state index >= 15 is 0 Å². The Labute approximate surface area is 93.7 Å². The molecule has 6 heteroatoms. The lowest BCUT2D eigenvalue weighted by molar-refractivity contribution is 0.606. The summed E-state index contributed by atoms with van der Waals surface area (Å²) in [6.45, 7) is 0.120. The highest BCUT2D eigenvalue weighted by molar-refractivity contribution is 7.92. The van der Waals surface area contributed by atoms with Crippen molar-refractivity contribution in [2.24, 2.45) is 5.73 Å². The Morgan fingerprint density at radius 1 is 1.50 bits per heavy atom. The summed E-state index contributed by atoms with van der Waals surface area (Å²) in [4.78, 5) is 0. The highest BCUT2D eigenvalue weighted by atomic mass is 32.2. The van der Waals surface area contributed by atoms with Gasteiger partial charge >= 0.3 is 0 Å². The number of halogens is 1. The fourth-order valence-electron chi connectivity index (χ4n) is 1.05. The molecule has 1 aromatic carbocycles. The molecule has 1 aromatic rings. The number of hydrogen-bond donors (Lipinski definition) is 2.